The molecule has 1 aromatic rings. The second-order valence-electron chi connectivity index (χ2n) is 6.06. The zero-order chi connectivity index (χ0) is 14.3. The van der Waals surface area contributed by atoms with E-state index in [1.54, 1.807) is 6.92 Å². The zero-order valence-corrected chi connectivity index (χ0v) is 12.4. The molecule has 20 heavy (non-hydrogen) atoms. The van der Waals surface area contributed by atoms with Gasteiger partial charge in [0.1, 0.15) is 0 Å². The molecule has 6 heteroatoms. The van der Waals surface area contributed by atoms with Gasteiger partial charge < -0.3 is 10.0 Å². The van der Waals surface area contributed by atoms with Crippen molar-refractivity contribution in [2.75, 3.05) is 18.0 Å². The highest BCUT2D eigenvalue weighted by Crippen LogP contribution is 2.44. The van der Waals surface area contributed by atoms with Crippen molar-refractivity contribution in [3.05, 3.63) is 21.1 Å². The Bertz CT molecular complexity index is 493. The van der Waals surface area contributed by atoms with Crippen LogP contribution in [0.1, 0.15) is 43.6 Å². The van der Waals surface area contributed by atoms with Crippen LogP contribution in [0.5, 0.6) is 0 Å². The van der Waals surface area contributed by atoms with E-state index < -0.39 is 6.10 Å². The molecule has 0 spiro atoms. The lowest BCUT2D eigenvalue weighted by molar-refractivity contribution is -0.383. The van der Waals surface area contributed by atoms with Crippen molar-refractivity contribution in [3.63, 3.8) is 0 Å². The summed E-state index contributed by atoms with van der Waals surface area (Å²) in [6.07, 6.45) is 4.32. The lowest BCUT2D eigenvalue weighted by Crippen LogP contribution is -2.27. The first-order chi connectivity index (χ1) is 9.54. The molecule has 0 saturated heterocycles. The Morgan fingerprint density at radius 3 is 2.35 bits per heavy atom. The molecule has 0 aromatic carbocycles. The average molecular weight is 296 g/mol. The van der Waals surface area contributed by atoms with E-state index in [0.717, 1.165) is 18.1 Å². The van der Waals surface area contributed by atoms with Crippen molar-refractivity contribution in [1.29, 1.82) is 0 Å². The number of nitro groups is 1. The van der Waals surface area contributed by atoms with Crippen molar-refractivity contribution >= 4 is 22.0 Å². The molecule has 1 heterocycles. The largest absolute Gasteiger partial charge is 0.388 e. The van der Waals surface area contributed by atoms with Gasteiger partial charge in [0.25, 0.3) is 0 Å². The Kier molecular flexibility index (Phi) is 3.69. The molecule has 5 nitrogen and oxygen atoms in total. The lowest BCUT2D eigenvalue weighted by Gasteiger charge is -2.22. The van der Waals surface area contributed by atoms with Crippen molar-refractivity contribution in [3.8, 4) is 0 Å². The Balaban J connectivity index is 1.87. The highest BCUT2D eigenvalue weighted by Gasteiger charge is 2.33. The van der Waals surface area contributed by atoms with E-state index in [4.69, 9.17) is 0 Å². The molecular formula is C14H20N2O3S. The average Bonchev–Trinajstić information content (AvgIpc) is 3.30. The van der Waals surface area contributed by atoms with Crippen LogP contribution in [0.15, 0.2) is 6.07 Å². The number of aliphatic hydroxyl groups excluding tert-OH is 1. The fourth-order valence-electron chi connectivity index (χ4n) is 2.42. The van der Waals surface area contributed by atoms with Gasteiger partial charge in [0.05, 0.1) is 11.0 Å². The molecule has 0 radical (unpaired) electrons. The summed E-state index contributed by atoms with van der Waals surface area (Å²) in [6, 6.07) is 1.54. The Morgan fingerprint density at radius 1 is 1.40 bits per heavy atom. The highest BCUT2D eigenvalue weighted by atomic mass is 32.1. The maximum absolute atomic E-state index is 11.3. The first-order valence-electron chi connectivity index (χ1n) is 7.25. The summed E-state index contributed by atoms with van der Waals surface area (Å²) >= 11 is 1.38. The van der Waals surface area contributed by atoms with Crippen LogP contribution < -0.4 is 4.90 Å². The van der Waals surface area contributed by atoms with E-state index in [2.05, 4.69) is 4.90 Å². The van der Waals surface area contributed by atoms with E-state index in [9.17, 15) is 15.2 Å². The third-order valence-corrected chi connectivity index (χ3v) is 5.31. The maximum Gasteiger partial charge on any atom is 0.304 e. The van der Waals surface area contributed by atoms with Gasteiger partial charge in [-0.2, -0.15) is 0 Å². The molecule has 1 N–H and O–H groups in total. The summed E-state index contributed by atoms with van der Waals surface area (Å²) in [4.78, 5) is 13.8. The summed E-state index contributed by atoms with van der Waals surface area (Å²) in [6.45, 7) is 3.51. The van der Waals surface area contributed by atoms with Gasteiger partial charge in [0.2, 0.25) is 0 Å². The molecule has 3 rings (SSSR count). The van der Waals surface area contributed by atoms with Gasteiger partial charge in [-0.15, -0.1) is 11.3 Å². The molecule has 1 atom stereocenters. The molecule has 110 valence electrons. The van der Waals surface area contributed by atoms with Crippen molar-refractivity contribution in [2.24, 2.45) is 11.8 Å². The van der Waals surface area contributed by atoms with E-state index >= 15 is 0 Å². The summed E-state index contributed by atoms with van der Waals surface area (Å²) in [5, 5.41) is 21.7. The topological polar surface area (TPSA) is 66.6 Å². The van der Waals surface area contributed by atoms with E-state index in [-0.39, 0.29) is 10.6 Å². The van der Waals surface area contributed by atoms with Gasteiger partial charge in [0, 0.05) is 24.0 Å². The molecular weight excluding hydrogens is 276 g/mol. The first-order valence-corrected chi connectivity index (χ1v) is 8.07. The number of aliphatic hydroxyl groups is 1. The van der Waals surface area contributed by atoms with Gasteiger partial charge in [-0.1, -0.05) is 0 Å². The van der Waals surface area contributed by atoms with Gasteiger partial charge in [-0.25, -0.2) is 0 Å². The Hall–Kier alpha value is -1.14. The number of thiophene rings is 1. The number of rotatable bonds is 7. The fourth-order valence-corrected chi connectivity index (χ4v) is 3.50. The minimum Gasteiger partial charge on any atom is -0.388 e. The van der Waals surface area contributed by atoms with Crippen LogP contribution in [0.25, 0.3) is 0 Å². The van der Waals surface area contributed by atoms with Crippen molar-refractivity contribution in [2.45, 2.75) is 38.7 Å². The third kappa shape index (κ3) is 3.12. The second kappa shape index (κ2) is 5.33. The van der Waals surface area contributed by atoms with Crippen LogP contribution in [0, 0.1) is 22.0 Å². The molecule has 0 bridgehead atoms. The predicted octanol–water partition coefficient (Wildman–Crippen LogP) is 3.34. The van der Waals surface area contributed by atoms with Crippen LogP contribution in [0.3, 0.4) is 0 Å². The molecule has 1 aromatic heterocycles. The SMILES string of the molecule is C[C@H](O)c1cc([N+](=O)[O-])c(N(CC2CC2)CC2CC2)s1. The van der Waals surface area contributed by atoms with Gasteiger partial charge in [-0.3, -0.25) is 10.1 Å². The van der Waals surface area contributed by atoms with Crippen LogP contribution >= 0.6 is 11.3 Å². The molecule has 0 unspecified atom stereocenters. The highest BCUT2D eigenvalue weighted by molar-refractivity contribution is 7.16. The molecule has 0 amide bonds. The molecule has 2 aliphatic carbocycles. The number of hydrogen-bond acceptors (Lipinski definition) is 5. The van der Waals surface area contributed by atoms with E-state index in [1.165, 1.54) is 43.1 Å². The molecule has 0 aliphatic heterocycles. The van der Waals surface area contributed by atoms with Crippen LogP contribution in [0.2, 0.25) is 0 Å². The summed E-state index contributed by atoms with van der Waals surface area (Å²) in [7, 11) is 0. The predicted molar refractivity (Wildman–Crippen MR) is 79.3 cm³/mol. The normalized spacial score (nSPS) is 19.9. The van der Waals surface area contributed by atoms with E-state index in [1.807, 2.05) is 0 Å². The summed E-state index contributed by atoms with van der Waals surface area (Å²) in [5.74, 6) is 1.40. The third-order valence-electron chi connectivity index (χ3n) is 3.96. The van der Waals surface area contributed by atoms with Gasteiger partial charge in [0.15, 0.2) is 5.00 Å². The smallest absolute Gasteiger partial charge is 0.304 e. The zero-order valence-electron chi connectivity index (χ0n) is 11.6. The standard InChI is InChI=1S/C14H20N2O3S/c1-9(17)13-6-12(16(18)19)14(20-13)15(7-10-2-3-10)8-11-4-5-11/h6,9-11,17H,2-5,7-8H2,1H3/t9-/m0/s1. The van der Waals surface area contributed by atoms with E-state index in [0.29, 0.717) is 16.7 Å². The monoisotopic (exact) mass is 296 g/mol. The Labute approximate surface area is 122 Å². The Morgan fingerprint density at radius 2 is 1.95 bits per heavy atom. The number of hydrogen-bond donors (Lipinski definition) is 1. The van der Waals surface area contributed by atoms with Crippen molar-refractivity contribution < 1.29 is 10.0 Å². The lowest BCUT2D eigenvalue weighted by atomic mass is 10.3. The van der Waals surface area contributed by atoms with Gasteiger partial charge >= 0.3 is 5.69 Å². The fraction of sp³-hybridized carbons (Fsp3) is 0.714. The summed E-state index contributed by atoms with van der Waals surface area (Å²) < 4.78 is 0. The molecule has 2 fully saturated rings. The van der Waals surface area contributed by atoms with Crippen LogP contribution in [-0.4, -0.2) is 23.1 Å². The minimum atomic E-state index is -0.642. The number of anilines is 1. The van der Waals surface area contributed by atoms with Crippen molar-refractivity contribution in [1.82, 2.24) is 0 Å². The van der Waals surface area contributed by atoms with Gasteiger partial charge in [-0.05, 0) is 44.4 Å². The maximum atomic E-state index is 11.3. The molecule has 2 aliphatic rings. The van der Waals surface area contributed by atoms with Crippen LogP contribution in [-0.2, 0) is 0 Å². The molecule has 2 saturated carbocycles. The summed E-state index contributed by atoms with van der Waals surface area (Å²) in [5.41, 5.74) is 0.159. The number of nitrogens with zero attached hydrogens (tertiary/aromatic N) is 2. The first kappa shape index (κ1) is 13.8. The minimum absolute atomic E-state index is 0.159. The second-order valence-corrected chi connectivity index (χ2v) is 7.13. The quantitative estimate of drug-likeness (QED) is 0.619. The van der Waals surface area contributed by atoms with Crippen LogP contribution in [0.4, 0.5) is 10.7 Å².